The van der Waals surface area contributed by atoms with Gasteiger partial charge in [0, 0.05) is 19.9 Å². The molecule has 14 heavy (non-hydrogen) atoms. The summed E-state index contributed by atoms with van der Waals surface area (Å²) in [4.78, 5) is 12.0. The lowest BCUT2D eigenvalue weighted by Crippen LogP contribution is -2.32. The summed E-state index contributed by atoms with van der Waals surface area (Å²) in [5, 5.41) is 12.4. The predicted octanol–water partition coefficient (Wildman–Crippen LogP) is 1.73. The van der Waals surface area contributed by atoms with Crippen LogP contribution >= 0.6 is 12.2 Å². The Morgan fingerprint density at radius 3 is 2.50 bits per heavy atom. The Kier molecular flexibility index (Phi) is 2.95. The first-order chi connectivity index (χ1) is 6.37. The predicted molar refractivity (Wildman–Crippen MR) is 59.3 cm³/mol. The molecular formula is C10H15NO2S. The molecule has 1 aliphatic carbocycles. The maximum atomic E-state index is 11.7. The number of Topliss-reactive ketones (excluding diaryl/α,β-unsaturated/α-hetero) is 1. The van der Waals surface area contributed by atoms with Gasteiger partial charge < -0.3 is 10.4 Å². The molecule has 0 aliphatic heterocycles. The number of hydrogen-bond donors (Lipinski definition) is 2. The van der Waals surface area contributed by atoms with E-state index in [1.54, 1.807) is 7.05 Å². The van der Waals surface area contributed by atoms with Crippen LogP contribution in [0.3, 0.4) is 0 Å². The van der Waals surface area contributed by atoms with E-state index in [9.17, 15) is 9.90 Å². The summed E-state index contributed by atoms with van der Waals surface area (Å²) in [7, 11) is 1.65. The molecule has 0 aromatic carbocycles. The van der Waals surface area contributed by atoms with Crippen molar-refractivity contribution < 1.29 is 9.90 Å². The van der Waals surface area contributed by atoms with Gasteiger partial charge in [0.05, 0.1) is 5.57 Å². The normalized spacial score (nSPS) is 20.9. The number of nitrogens with one attached hydrogen (secondary N) is 1. The molecule has 3 nitrogen and oxygen atoms in total. The van der Waals surface area contributed by atoms with Crippen LogP contribution in [-0.2, 0) is 4.79 Å². The van der Waals surface area contributed by atoms with Crippen LogP contribution in [0.25, 0.3) is 0 Å². The van der Waals surface area contributed by atoms with Crippen molar-refractivity contribution in [2.45, 2.75) is 26.7 Å². The third kappa shape index (κ3) is 2.12. The minimum absolute atomic E-state index is 0.0712. The van der Waals surface area contributed by atoms with Crippen molar-refractivity contribution in [1.29, 1.82) is 0 Å². The molecule has 78 valence electrons. The first kappa shape index (κ1) is 11.2. The van der Waals surface area contributed by atoms with E-state index in [0.29, 0.717) is 23.4 Å². The summed E-state index contributed by atoms with van der Waals surface area (Å²) in [5.74, 6) is 0.0451. The van der Waals surface area contributed by atoms with E-state index in [-0.39, 0.29) is 17.0 Å². The lowest BCUT2D eigenvalue weighted by molar-refractivity contribution is -0.117. The number of allylic oxidation sites excluding steroid dienone is 1. The fraction of sp³-hybridized carbons (Fsp3) is 0.600. The zero-order chi connectivity index (χ0) is 10.9. The molecule has 0 saturated carbocycles. The minimum Gasteiger partial charge on any atom is -0.511 e. The fourth-order valence-corrected chi connectivity index (χ4v) is 1.90. The van der Waals surface area contributed by atoms with Crippen molar-refractivity contribution in [3.63, 3.8) is 0 Å². The van der Waals surface area contributed by atoms with Gasteiger partial charge in [0.1, 0.15) is 10.7 Å². The van der Waals surface area contributed by atoms with Gasteiger partial charge in [-0.2, -0.15) is 0 Å². The minimum atomic E-state index is -0.159. The van der Waals surface area contributed by atoms with Gasteiger partial charge in [-0.25, -0.2) is 0 Å². The molecule has 0 saturated heterocycles. The summed E-state index contributed by atoms with van der Waals surface area (Å²) < 4.78 is 0. The second-order valence-electron chi connectivity index (χ2n) is 4.34. The topological polar surface area (TPSA) is 49.3 Å². The highest BCUT2D eigenvalue weighted by atomic mass is 32.1. The summed E-state index contributed by atoms with van der Waals surface area (Å²) in [6.07, 6.45) is 0.949. The van der Waals surface area contributed by atoms with E-state index in [0.717, 1.165) is 0 Å². The molecule has 1 aliphatic rings. The van der Waals surface area contributed by atoms with Gasteiger partial charge in [0.25, 0.3) is 0 Å². The first-order valence-electron chi connectivity index (χ1n) is 4.55. The number of hydrogen-bond acceptors (Lipinski definition) is 3. The number of aliphatic hydroxyl groups is 1. The van der Waals surface area contributed by atoms with Crippen molar-refractivity contribution >= 4 is 23.0 Å². The molecule has 0 aromatic rings. The molecule has 0 fully saturated rings. The number of ketones is 1. The van der Waals surface area contributed by atoms with Gasteiger partial charge >= 0.3 is 0 Å². The molecule has 0 bridgehead atoms. The largest absolute Gasteiger partial charge is 0.511 e. The van der Waals surface area contributed by atoms with Gasteiger partial charge in [-0.15, -0.1) is 0 Å². The Morgan fingerprint density at radius 1 is 1.50 bits per heavy atom. The molecule has 0 atom stereocenters. The third-order valence-electron chi connectivity index (χ3n) is 2.31. The van der Waals surface area contributed by atoms with Crippen LogP contribution in [0.5, 0.6) is 0 Å². The van der Waals surface area contributed by atoms with E-state index in [4.69, 9.17) is 12.2 Å². The Morgan fingerprint density at radius 2 is 2.07 bits per heavy atom. The average molecular weight is 213 g/mol. The summed E-state index contributed by atoms with van der Waals surface area (Å²) in [5.41, 5.74) is 0.135. The molecule has 1 rings (SSSR count). The van der Waals surface area contributed by atoms with Crippen LogP contribution in [0.2, 0.25) is 0 Å². The standard InChI is InChI=1S/C10H15NO2S/c1-10(2)4-6(12)8(7(13)5-10)9(14)11-3/h12H,4-5H2,1-3H3,(H,11,14). The Hall–Kier alpha value is -0.900. The van der Waals surface area contributed by atoms with Crippen LogP contribution in [-0.4, -0.2) is 22.9 Å². The SMILES string of the molecule is CNC(=S)C1=C(O)CC(C)(C)CC1=O. The van der Waals surface area contributed by atoms with Gasteiger partial charge in [-0.05, 0) is 5.41 Å². The number of carbonyl (C=O) groups excluding carboxylic acids is 1. The van der Waals surface area contributed by atoms with Crippen LogP contribution in [0, 0.1) is 5.41 Å². The van der Waals surface area contributed by atoms with Crippen LogP contribution in [0.1, 0.15) is 26.7 Å². The number of likely N-dealkylation sites (N-methyl/N-ethyl adjacent to an activating group) is 1. The molecule has 4 heteroatoms. The maximum absolute atomic E-state index is 11.7. The number of carbonyl (C=O) groups is 1. The zero-order valence-corrected chi connectivity index (χ0v) is 9.49. The molecular weight excluding hydrogens is 198 g/mol. The summed E-state index contributed by atoms with van der Waals surface area (Å²) in [6, 6.07) is 0. The smallest absolute Gasteiger partial charge is 0.169 e. The molecule has 0 heterocycles. The highest BCUT2D eigenvalue weighted by Crippen LogP contribution is 2.35. The van der Waals surface area contributed by atoms with Gasteiger partial charge in [-0.3, -0.25) is 4.79 Å². The molecule has 0 spiro atoms. The lowest BCUT2D eigenvalue weighted by atomic mass is 9.76. The van der Waals surface area contributed by atoms with E-state index < -0.39 is 0 Å². The van der Waals surface area contributed by atoms with Crippen molar-refractivity contribution in [3.8, 4) is 0 Å². The van der Waals surface area contributed by atoms with E-state index in [2.05, 4.69) is 5.32 Å². The number of rotatable bonds is 1. The quantitative estimate of drug-likeness (QED) is 0.651. The number of aliphatic hydroxyl groups excluding tert-OH is 1. The highest BCUT2D eigenvalue weighted by Gasteiger charge is 2.34. The summed E-state index contributed by atoms with van der Waals surface area (Å²) >= 11 is 4.95. The van der Waals surface area contributed by atoms with E-state index in [1.165, 1.54) is 0 Å². The second kappa shape index (κ2) is 3.69. The fourth-order valence-electron chi connectivity index (χ4n) is 1.67. The van der Waals surface area contributed by atoms with Crippen LogP contribution < -0.4 is 5.32 Å². The van der Waals surface area contributed by atoms with Crippen molar-refractivity contribution in [1.82, 2.24) is 5.32 Å². The molecule has 2 N–H and O–H groups in total. The first-order valence-corrected chi connectivity index (χ1v) is 4.95. The lowest BCUT2D eigenvalue weighted by Gasteiger charge is -2.29. The highest BCUT2D eigenvalue weighted by molar-refractivity contribution is 7.80. The average Bonchev–Trinajstić information content (AvgIpc) is 1.99. The molecule has 0 aromatic heterocycles. The van der Waals surface area contributed by atoms with Crippen molar-refractivity contribution in [2.24, 2.45) is 5.41 Å². The second-order valence-corrected chi connectivity index (χ2v) is 4.75. The molecule has 0 radical (unpaired) electrons. The molecule has 0 unspecified atom stereocenters. The summed E-state index contributed by atoms with van der Waals surface area (Å²) in [6.45, 7) is 3.92. The van der Waals surface area contributed by atoms with Crippen LogP contribution in [0.4, 0.5) is 0 Å². The van der Waals surface area contributed by atoms with Crippen molar-refractivity contribution in [2.75, 3.05) is 7.05 Å². The Labute approximate surface area is 89.2 Å². The van der Waals surface area contributed by atoms with Gasteiger partial charge in [-0.1, -0.05) is 26.1 Å². The van der Waals surface area contributed by atoms with Crippen molar-refractivity contribution in [3.05, 3.63) is 11.3 Å². The zero-order valence-electron chi connectivity index (χ0n) is 8.68. The van der Waals surface area contributed by atoms with Gasteiger partial charge in [0.15, 0.2) is 5.78 Å². The third-order valence-corrected chi connectivity index (χ3v) is 2.71. The molecule has 0 amide bonds. The maximum Gasteiger partial charge on any atom is 0.169 e. The Balaban J connectivity index is 3.05. The van der Waals surface area contributed by atoms with Gasteiger partial charge in [0.2, 0.25) is 0 Å². The van der Waals surface area contributed by atoms with E-state index >= 15 is 0 Å². The van der Waals surface area contributed by atoms with Crippen LogP contribution in [0.15, 0.2) is 11.3 Å². The number of thiocarbonyl (C=S) groups is 1. The van der Waals surface area contributed by atoms with E-state index in [1.807, 2.05) is 13.8 Å². The Bertz CT molecular complexity index is 318. The monoisotopic (exact) mass is 213 g/mol.